The van der Waals surface area contributed by atoms with Crippen molar-refractivity contribution in [3.05, 3.63) is 35.9 Å². The van der Waals surface area contributed by atoms with Gasteiger partial charge in [0, 0.05) is 13.2 Å². The third-order valence-corrected chi connectivity index (χ3v) is 3.90. The molecule has 0 aliphatic carbocycles. The molecule has 2 atom stereocenters. The van der Waals surface area contributed by atoms with Gasteiger partial charge in [0.15, 0.2) is 0 Å². The van der Waals surface area contributed by atoms with Gasteiger partial charge in [-0.25, -0.2) is 4.79 Å². The molecule has 4 nitrogen and oxygen atoms in total. The normalized spacial score (nSPS) is 21.9. The Morgan fingerprint density at radius 2 is 1.82 bits per heavy atom. The zero-order valence-electron chi connectivity index (χ0n) is 14.0. The molecule has 1 heterocycles. The van der Waals surface area contributed by atoms with Crippen molar-refractivity contribution in [1.82, 2.24) is 4.90 Å². The molecule has 122 valence electrons. The van der Waals surface area contributed by atoms with Crippen LogP contribution in [-0.4, -0.2) is 42.4 Å². The topological polar surface area (TPSA) is 38.8 Å². The van der Waals surface area contributed by atoms with Crippen molar-refractivity contribution in [2.75, 3.05) is 13.7 Å². The van der Waals surface area contributed by atoms with Crippen molar-refractivity contribution in [3.8, 4) is 0 Å². The van der Waals surface area contributed by atoms with E-state index in [-0.39, 0.29) is 18.2 Å². The average molecular weight is 305 g/mol. The molecule has 0 bridgehead atoms. The monoisotopic (exact) mass is 305 g/mol. The van der Waals surface area contributed by atoms with E-state index in [1.54, 1.807) is 7.11 Å². The molecule has 1 aliphatic heterocycles. The number of methoxy groups -OCH3 is 1. The van der Waals surface area contributed by atoms with Crippen LogP contribution in [-0.2, 0) is 15.9 Å². The summed E-state index contributed by atoms with van der Waals surface area (Å²) in [7, 11) is 1.68. The van der Waals surface area contributed by atoms with Crippen LogP contribution in [0.1, 0.15) is 39.2 Å². The van der Waals surface area contributed by atoms with Gasteiger partial charge in [-0.2, -0.15) is 0 Å². The van der Waals surface area contributed by atoms with Gasteiger partial charge in [0.25, 0.3) is 0 Å². The van der Waals surface area contributed by atoms with E-state index in [9.17, 15) is 4.79 Å². The second kappa shape index (κ2) is 7.14. The fourth-order valence-corrected chi connectivity index (χ4v) is 3.02. The van der Waals surface area contributed by atoms with Crippen LogP contribution < -0.4 is 0 Å². The van der Waals surface area contributed by atoms with E-state index in [2.05, 4.69) is 12.1 Å². The summed E-state index contributed by atoms with van der Waals surface area (Å²) in [6, 6.07) is 10.6. The van der Waals surface area contributed by atoms with Crippen molar-refractivity contribution in [1.29, 1.82) is 0 Å². The lowest BCUT2D eigenvalue weighted by molar-refractivity contribution is 0.00609. The molecular weight excluding hydrogens is 278 g/mol. The molecule has 1 aromatic rings. The molecule has 1 aromatic carbocycles. The van der Waals surface area contributed by atoms with E-state index in [0.29, 0.717) is 6.61 Å². The summed E-state index contributed by atoms with van der Waals surface area (Å²) in [6.07, 6.45) is 2.58. The van der Waals surface area contributed by atoms with Gasteiger partial charge in [-0.3, -0.25) is 4.90 Å². The van der Waals surface area contributed by atoms with Gasteiger partial charge in [-0.05, 0) is 45.6 Å². The van der Waals surface area contributed by atoms with E-state index >= 15 is 0 Å². The molecule has 0 saturated carbocycles. The molecule has 1 fully saturated rings. The maximum atomic E-state index is 12.6. The Balaban J connectivity index is 2.12. The lowest BCUT2D eigenvalue weighted by atomic mass is 10.0. The first-order chi connectivity index (χ1) is 10.4. The van der Waals surface area contributed by atoms with E-state index in [4.69, 9.17) is 9.47 Å². The van der Waals surface area contributed by atoms with Crippen molar-refractivity contribution in [3.63, 3.8) is 0 Å². The van der Waals surface area contributed by atoms with Crippen LogP contribution in [0.2, 0.25) is 0 Å². The number of hydrogen-bond donors (Lipinski definition) is 0. The lowest BCUT2D eigenvalue weighted by Gasteiger charge is -2.32. The smallest absolute Gasteiger partial charge is 0.410 e. The molecule has 22 heavy (non-hydrogen) atoms. The lowest BCUT2D eigenvalue weighted by Crippen LogP contribution is -2.46. The number of rotatable bonds is 4. The predicted molar refractivity (Wildman–Crippen MR) is 86.9 cm³/mol. The third kappa shape index (κ3) is 4.47. The molecule has 1 saturated heterocycles. The highest BCUT2D eigenvalue weighted by Gasteiger charge is 2.39. The minimum absolute atomic E-state index is 0.105. The fraction of sp³-hybridized carbons (Fsp3) is 0.611. The summed E-state index contributed by atoms with van der Waals surface area (Å²) in [5.41, 5.74) is 0.772. The van der Waals surface area contributed by atoms with Crippen molar-refractivity contribution in [2.24, 2.45) is 0 Å². The molecular formula is C18H27NO3. The van der Waals surface area contributed by atoms with Gasteiger partial charge in [-0.15, -0.1) is 0 Å². The third-order valence-electron chi connectivity index (χ3n) is 3.90. The number of likely N-dealkylation sites (tertiary alicyclic amines) is 1. The molecule has 2 unspecified atom stereocenters. The Labute approximate surface area is 133 Å². The van der Waals surface area contributed by atoms with Gasteiger partial charge in [-0.1, -0.05) is 30.3 Å². The first-order valence-corrected chi connectivity index (χ1v) is 7.95. The predicted octanol–water partition coefficient (Wildman–Crippen LogP) is 3.64. The second-order valence-corrected chi connectivity index (χ2v) is 6.92. The van der Waals surface area contributed by atoms with Crippen LogP contribution in [0.3, 0.4) is 0 Å². The molecule has 1 aliphatic rings. The highest BCUT2D eigenvalue weighted by atomic mass is 16.6. The van der Waals surface area contributed by atoms with Crippen LogP contribution in [0.4, 0.5) is 4.79 Å². The summed E-state index contributed by atoms with van der Waals surface area (Å²) >= 11 is 0. The minimum Gasteiger partial charge on any atom is -0.444 e. The summed E-state index contributed by atoms with van der Waals surface area (Å²) in [5.74, 6) is 0. The number of ether oxygens (including phenoxy) is 2. The number of carbonyl (C=O) groups excluding carboxylic acids is 1. The fourth-order valence-electron chi connectivity index (χ4n) is 3.02. The molecule has 1 amide bonds. The molecule has 2 rings (SSSR count). The summed E-state index contributed by atoms with van der Waals surface area (Å²) < 4.78 is 10.9. The average Bonchev–Trinajstić information content (AvgIpc) is 2.81. The number of amides is 1. The maximum Gasteiger partial charge on any atom is 0.410 e. The van der Waals surface area contributed by atoms with E-state index in [1.165, 1.54) is 5.56 Å². The van der Waals surface area contributed by atoms with Crippen molar-refractivity contribution < 1.29 is 14.3 Å². The Kier molecular flexibility index (Phi) is 5.46. The van der Waals surface area contributed by atoms with Crippen molar-refractivity contribution >= 4 is 6.09 Å². The van der Waals surface area contributed by atoms with Crippen LogP contribution in [0.15, 0.2) is 30.3 Å². The zero-order valence-corrected chi connectivity index (χ0v) is 14.0. The van der Waals surface area contributed by atoms with Crippen LogP contribution >= 0.6 is 0 Å². The van der Waals surface area contributed by atoms with Gasteiger partial charge in [0.2, 0.25) is 0 Å². The van der Waals surface area contributed by atoms with Gasteiger partial charge >= 0.3 is 6.09 Å². The van der Waals surface area contributed by atoms with E-state index in [1.807, 2.05) is 43.9 Å². The Morgan fingerprint density at radius 1 is 1.18 bits per heavy atom. The standard InChI is InChI=1S/C18H27NO3/c1-18(2,3)22-17(20)19-15(10-11-16(19)13-21-4)12-14-8-6-5-7-9-14/h5-9,15-16H,10-13H2,1-4H3. The Hall–Kier alpha value is -1.55. The van der Waals surface area contributed by atoms with Crippen LogP contribution in [0.5, 0.6) is 0 Å². The van der Waals surface area contributed by atoms with Gasteiger partial charge < -0.3 is 9.47 Å². The number of benzene rings is 1. The second-order valence-electron chi connectivity index (χ2n) is 6.92. The highest BCUT2D eigenvalue weighted by Crippen LogP contribution is 2.29. The maximum absolute atomic E-state index is 12.6. The minimum atomic E-state index is -0.478. The van der Waals surface area contributed by atoms with Crippen molar-refractivity contribution in [2.45, 2.75) is 57.7 Å². The van der Waals surface area contributed by atoms with Gasteiger partial charge in [0.1, 0.15) is 5.60 Å². The first kappa shape index (κ1) is 16.8. The highest BCUT2D eigenvalue weighted by molar-refractivity contribution is 5.69. The molecule has 0 aromatic heterocycles. The van der Waals surface area contributed by atoms with E-state index < -0.39 is 5.60 Å². The SMILES string of the molecule is COCC1CCC(Cc2ccccc2)N1C(=O)OC(C)(C)C. The molecule has 0 spiro atoms. The summed E-state index contributed by atoms with van der Waals surface area (Å²) in [5, 5.41) is 0. The molecule has 0 radical (unpaired) electrons. The largest absolute Gasteiger partial charge is 0.444 e. The number of hydrogen-bond acceptors (Lipinski definition) is 3. The molecule has 4 heteroatoms. The van der Waals surface area contributed by atoms with E-state index in [0.717, 1.165) is 19.3 Å². The number of nitrogens with zero attached hydrogens (tertiary/aromatic N) is 1. The summed E-state index contributed by atoms with van der Waals surface area (Å²) in [4.78, 5) is 14.5. The van der Waals surface area contributed by atoms with Crippen LogP contribution in [0, 0.1) is 0 Å². The number of carbonyl (C=O) groups is 1. The molecule has 0 N–H and O–H groups in total. The first-order valence-electron chi connectivity index (χ1n) is 7.95. The zero-order chi connectivity index (χ0) is 16.2. The van der Waals surface area contributed by atoms with Gasteiger partial charge in [0.05, 0.1) is 12.6 Å². The Morgan fingerprint density at radius 3 is 2.41 bits per heavy atom. The Bertz CT molecular complexity index is 481. The quantitative estimate of drug-likeness (QED) is 0.852. The summed E-state index contributed by atoms with van der Waals surface area (Å²) in [6.45, 7) is 6.26. The van der Waals surface area contributed by atoms with Crippen LogP contribution in [0.25, 0.3) is 0 Å².